The molecule has 0 saturated heterocycles. The van der Waals surface area contributed by atoms with Gasteiger partial charge in [-0.25, -0.2) is 0 Å². The molecule has 1 amide bonds. The quantitative estimate of drug-likeness (QED) is 0.747. The molecule has 88 valence electrons. The summed E-state index contributed by atoms with van der Waals surface area (Å²) >= 11 is 0. The van der Waals surface area contributed by atoms with Crippen molar-refractivity contribution in [1.82, 2.24) is 5.32 Å². The van der Waals surface area contributed by atoms with E-state index in [1.165, 1.54) is 6.42 Å². The number of nitrogens with two attached hydrogens (primary N) is 1. The fourth-order valence-electron chi connectivity index (χ4n) is 2.16. The Bertz CT molecular complexity index is 236. The predicted molar refractivity (Wildman–Crippen MR) is 62.4 cm³/mol. The summed E-state index contributed by atoms with van der Waals surface area (Å²) in [4.78, 5) is 11.7. The van der Waals surface area contributed by atoms with E-state index in [-0.39, 0.29) is 17.9 Å². The molecule has 0 unspecified atom stereocenters. The highest BCUT2D eigenvalue weighted by atomic mass is 16.2. The van der Waals surface area contributed by atoms with Gasteiger partial charge in [-0.2, -0.15) is 0 Å². The fraction of sp³-hybridized carbons (Fsp3) is 0.917. The van der Waals surface area contributed by atoms with Gasteiger partial charge in [0.1, 0.15) is 0 Å². The topological polar surface area (TPSA) is 55.1 Å². The Hall–Kier alpha value is -0.570. The third kappa shape index (κ3) is 3.49. The van der Waals surface area contributed by atoms with Gasteiger partial charge in [-0.1, -0.05) is 27.7 Å². The molecule has 1 saturated carbocycles. The van der Waals surface area contributed by atoms with Crippen LogP contribution in [0.3, 0.4) is 0 Å². The van der Waals surface area contributed by atoms with E-state index in [0.29, 0.717) is 11.5 Å². The molecular weight excluding hydrogens is 188 g/mol. The first kappa shape index (κ1) is 12.5. The summed E-state index contributed by atoms with van der Waals surface area (Å²) in [7, 11) is 0. The smallest absolute Gasteiger partial charge is 0.237 e. The Morgan fingerprint density at radius 2 is 2.07 bits per heavy atom. The van der Waals surface area contributed by atoms with E-state index < -0.39 is 0 Å². The minimum absolute atomic E-state index is 0.00713. The average Bonchev–Trinajstić information content (AvgIpc) is 2.43. The van der Waals surface area contributed by atoms with Crippen LogP contribution in [0, 0.1) is 11.3 Å². The standard InChI is InChI=1S/C12H24N2O/c1-8(2)10(13)11(15)14-9-5-6-12(3,4)7-9/h8-10H,5-7,13H2,1-4H3,(H,14,15)/t9-,10-/m1/s1. The molecule has 0 aromatic carbocycles. The van der Waals surface area contributed by atoms with Gasteiger partial charge < -0.3 is 11.1 Å². The molecule has 0 spiro atoms. The molecular formula is C12H24N2O. The molecule has 1 aliphatic carbocycles. The number of hydrogen-bond donors (Lipinski definition) is 2. The molecule has 0 aromatic heterocycles. The minimum Gasteiger partial charge on any atom is -0.352 e. The summed E-state index contributed by atoms with van der Waals surface area (Å²) in [5, 5.41) is 3.05. The number of hydrogen-bond acceptors (Lipinski definition) is 2. The summed E-state index contributed by atoms with van der Waals surface area (Å²) in [5.41, 5.74) is 6.17. The number of rotatable bonds is 3. The molecule has 1 rings (SSSR count). The van der Waals surface area contributed by atoms with Gasteiger partial charge in [-0.05, 0) is 30.6 Å². The maximum Gasteiger partial charge on any atom is 0.237 e. The van der Waals surface area contributed by atoms with Crippen molar-refractivity contribution in [2.45, 2.75) is 59.0 Å². The van der Waals surface area contributed by atoms with Crippen LogP contribution in [0.15, 0.2) is 0 Å². The SMILES string of the molecule is CC(C)[C@@H](N)C(=O)N[C@@H]1CCC(C)(C)C1. The Labute approximate surface area is 92.8 Å². The van der Waals surface area contributed by atoms with Crippen LogP contribution in [0.25, 0.3) is 0 Å². The lowest BCUT2D eigenvalue weighted by atomic mass is 9.92. The van der Waals surface area contributed by atoms with Crippen LogP contribution in [0.1, 0.15) is 47.0 Å². The highest BCUT2D eigenvalue weighted by molar-refractivity contribution is 5.82. The van der Waals surface area contributed by atoms with Gasteiger partial charge in [0.25, 0.3) is 0 Å². The van der Waals surface area contributed by atoms with E-state index in [1.807, 2.05) is 13.8 Å². The fourth-order valence-corrected chi connectivity index (χ4v) is 2.16. The molecule has 0 radical (unpaired) electrons. The molecule has 1 aliphatic rings. The summed E-state index contributed by atoms with van der Waals surface area (Å²) < 4.78 is 0. The molecule has 3 N–H and O–H groups in total. The van der Waals surface area contributed by atoms with Crippen LogP contribution in [-0.4, -0.2) is 18.0 Å². The van der Waals surface area contributed by atoms with E-state index in [4.69, 9.17) is 5.73 Å². The normalized spacial score (nSPS) is 26.7. The zero-order valence-electron chi connectivity index (χ0n) is 10.3. The second kappa shape index (κ2) is 4.52. The van der Waals surface area contributed by atoms with Crippen molar-refractivity contribution in [3.63, 3.8) is 0 Å². The second-order valence-corrected chi connectivity index (χ2v) is 5.88. The third-order valence-electron chi connectivity index (χ3n) is 3.34. The zero-order chi connectivity index (χ0) is 11.6. The maximum atomic E-state index is 11.7. The van der Waals surface area contributed by atoms with Gasteiger partial charge in [0.05, 0.1) is 6.04 Å². The molecule has 0 aromatic rings. The summed E-state index contributed by atoms with van der Waals surface area (Å²) in [6, 6.07) is -0.0361. The Kier molecular flexibility index (Phi) is 3.77. The van der Waals surface area contributed by atoms with E-state index in [0.717, 1.165) is 12.8 Å². The highest BCUT2D eigenvalue weighted by Gasteiger charge is 2.32. The maximum absolute atomic E-state index is 11.7. The lowest BCUT2D eigenvalue weighted by Crippen LogP contribution is -2.47. The summed E-state index contributed by atoms with van der Waals surface area (Å²) in [6.07, 6.45) is 3.35. The Morgan fingerprint density at radius 1 is 1.47 bits per heavy atom. The van der Waals surface area contributed by atoms with E-state index in [9.17, 15) is 4.79 Å². The summed E-state index contributed by atoms with van der Waals surface area (Å²) in [5.74, 6) is 0.215. The lowest BCUT2D eigenvalue weighted by molar-refractivity contribution is -0.123. The average molecular weight is 212 g/mol. The van der Waals surface area contributed by atoms with Gasteiger partial charge in [0.15, 0.2) is 0 Å². The van der Waals surface area contributed by atoms with Crippen molar-refractivity contribution in [1.29, 1.82) is 0 Å². The minimum atomic E-state index is -0.367. The second-order valence-electron chi connectivity index (χ2n) is 5.88. The Balaban J connectivity index is 2.40. The van der Waals surface area contributed by atoms with Gasteiger partial charge in [0.2, 0.25) is 5.91 Å². The van der Waals surface area contributed by atoms with Crippen LogP contribution >= 0.6 is 0 Å². The van der Waals surface area contributed by atoms with Crippen LogP contribution in [-0.2, 0) is 4.79 Å². The molecule has 3 heteroatoms. The molecule has 3 nitrogen and oxygen atoms in total. The molecule has 15 heavy (non-hydrogen) atoms. The van der Waals surface area contributed by atoms with Crippen LogP contribution in [0.2, 0.25) is 0 Å². The molecule has 1 fully saturated rings. The van der Waals surface area contributed by atoms with Crippen LogP contribution in [0.4, 0.5) is 0 Å². The first-order valence-electron chi connectivity index (χ1n) is 5.88. The number of nitrogens with one attached hydrogen (secondary N) is 1. The van der Waals surface area contributed by atoms with Gasteiger partial charge in [0, 0.05) is 6.04 Å². The Morgan fingerprint density at radius 3 is 2.47 bits per heavy atom. The van der Waals surface area contributed by atoms with Crippen molar-refractivity contribution >= 4 is 5.91 Å². The first-order valence-corrected chi connectivity index (χ1v) is 5.88. The molecule has 0 heterocycles. The van der Waals surface area contributed by atoms with Crippen molar-refractivity contribution in [2.24, 2.45) is 17.1 Å². The van der Waals surface area contributed by atoms with E-state index in [2.05, 4.69) is 19.2 Å². The number of amides is 1. The number of carbonyl (C=O) groups is 1. The van der Waals surface area contributed by atoms with Crippen molar-refractivity contribution in [3.05, 3.63) is 0 Å². The molecule has 2 atom stereocenters. The van der Waals surface area contributed by atoms with Crippen molar-refractivity contribution < 1.29 is 4.79 Å². The monoisotopic (exact) mass is 212 g/mol. The van der Waals surface area contributed by atoms with E-state index in [1.54, 1.807) is 0 Å². The third-order valence-corrected chi connectivity index (χ3v) is 3.34. The first-order chi connectivity index (χ1) is 6.82. The van der Waals surface area contributed by atoms with Crippen molar-refractivity contribution in [2.75, 3.05) is 0 Å². The number of carbonyl (C=O) groups excluding carboxylic acids is 1. The zero-order valence-corrected chi connectivity index (χ0v) is 10.3. The van der Waals surface area contributed by atoms with E-state index >= 15 is 0 Å². The van der Waals surface area contributed by atoms with Crippen molar-refractivity contribution in [3.8, 4) is 0 Å². The van der Waals surface area contributed by atoms with Gasteiger partial charge in [-0.15, -0.1) is 0 Å². The van der Waals surface area contributed by atoms with Crippen LogP contribution < -0.4 is 11.1 Å². The highest BCUT2D eigenvalue weighted by Crippen LogP contribution is 2.36. The largest absolute Gasteiger partial charge is 0.352 e. The van der Waals surface area contributed by atoms with Crippen LogP contribution in [0.5, 0.6) is 0 Å². The van der Waals surface area contributed by atoms with Gasteiger partial charge in [-0.3, -0.25) is 4.79 Å². The molecule has 0 bridgehead atoms. The lowest BCUT2D eigenvalue weighted by Gasteiger charge is -2.21. The molecule has 0 aliphatic heterocycles. The van der Waals surface area contributed by atoms with Gasteiger partial charge >= 0.3 is 0 Å². The predicted octanol–water partition coefficient (Wildman–Crippen LogP) is 1.66. The summed E-state index contributed by atoms with van der Waals surface area (Å²) in [6.45, 7) is 8.45.